The van der Waals surface area contributed by atoms with Crippen LogP contribution < -0.4 is 10.1 Å². The summed E-state index contributed by atoms with van der Waals surface area (Å²) in [6.45, 7) is 1.32. The molecule has 1 rings (SSSR count). The number of carbonyl (C=O) groups excluding carboxylic acids is 2. The molecule has 1 atom stereocenters. The lowest BCUT2D eigenvalue weighted by Crippen LogP contribution is -2.43. The molecule has 6 nitrogen and oxygen atoms in total. The van der Waals surface area contributed by atoms with Crippen LogP contribution in [0.3, 0.4) is 0 Å². The molecular formula is C11H15NO5S. The van der Waals surface area contributed by atoms with Crippen LogP contribution in [0.4, 0.5) is 0 Å². The minimum Gasteiger partial charge on any atom is -0.495 e. The molecule has 0 aromatic carbocycles. The van der Waals surface area contributed by atoms with Crippen molar-refractivity contribution in [3.8, 4) is 5.75 Å². The number of aliphatic hydroxyl groups is 1. The molecule has 1 aromatic rings. The first-order valence-electron chi connectivity index (χ1n) is 5.17. The molecule has 2 N–H and O–H groups in total. The number of hydrogen-bond acceptors (Lipinski definition) is 6. The van der Waals surface area contributed by atoms with Crippen molar-refractivity contribution < 1.29 is 24.2 Å². The number of ether oxygens (including phenoxy) is 2. The van der Waals surface area contributed by atoms with Crippen molar-refractivity contribution in [2.75, 3.05) is 20.8 Å². The average Bonchev–Trinajstić information content (AvgIpc) is 2.76. The highest BCUT2D eigenvalue weighted by Crippen LogP contribution is 2.28. The second kappa shape index (κ2) is 6.36. The largest absolute Gasteiger partial charge is 0.495 e. The number of aliphatic hydroxyl groups excluding tert-OH is 1. The van der Waals surface area contributed by atoms with Crippen LogP contribution in [-0.2, 0) is 9.53 Å². The van der Waals surface area contributed by atoms with Gasteiger partial charge in [0.25, 0.3) is 5.91 Å². The summed E-state index contributed by atoms with van der Waals surface area (Å²) in [5.41, 5.74) is 0. The molecule has 0 bridgehead atoms. The fourth-order valence-corrected chi connectivity index (χ4v) is 2.23. The third-order valence-corrected chi connectivity index (χ3v) is 3.25. The van der Waals surface area contributed by atoms with E-state index in [0.717, 1.165) is 4.88 Å². The first kappa shape index (κ1) is 14.5. The molecule has 0 radical (unpaired) electrons. The number of aryl methyl sites for hydroxylation is 1. The van der Waals surface area contributed by atoms with E-state index in [1.165, 1.54) is 25.6 Å². The smallest absolute Gasteiger partial charge is 0.330 e. The van der Waals surface area contributed by atoms with Crippen LogP contribution in [0.2, 0.25) is 0 Å². The monoisotopic (exact) mass is 273 g/mol. The molecule has 0 aliphatic rings. The molecule has 18 heavy (non-hydrogen) atoms. The summed E-state index contributed by atoms with van der Waals surface area (Å²) in [5.74, 6) is -0.732. The number of carbonyl (C=O) groups is 2. The fourth-order valence-electron chi connectivity index (χ4n) is 1.35. The minimum absolute atomic E-state index is 0.359. The molecule has 0 saturated carbocycles. The molecule has 100 valence electrons. The van der Waals surface area contributed by atoms with Crippen molar-refractivity contribution in [3.63, 3.8) is 0 Å². The van der Waals surface area contributed by atoms with Gasteiger partial charge < -0.3 is 19.9 Å². The Kier molecular flexibility index (Phi) is 5.11. The summed E-state index contributed by atoms with van der Waals surface area (Å²) < 4.78 is 9.52. The number of thiophene rings is 1. The van der Waals surface area contributed by atoms with Gasteiger partial charge in [-0.25, -0.2) is 4.79 Å². The Bertz CT molecular complexity index is 443. The van der Waals surface area contributed by atoms with Gasteiger partial charge in [0.15, 0.2) is 6.04 Å². The van der Waals surface area contributed by atoms with Gasteiger partial charge in [-0.05, 0) is 13.0 Å². The Morgan fingerprint density at radius 1 is 1.50 bits per heavy atom. The lowest BCUT2D eigenvalue weighted by Gasteiger charge is -2.13. The molecule has 0 spiro atoms. The standard InChI is InChI=1S/C11H15NO5S/c1-6-4-8(16-2)9(18-6)10(14)12-7(5-13)11(15)17-3/h4,7,13H,5H2,1-3H3,(H,12,14)/t7-/m0/s1. The molecule has 0 aliphatic carbocycles. The molecule has 1 heterocycles. The molecule has 0 aliphatic heterocycles. The van der Waals surface area contributed by atoms with Gasteiger partial charge >= 0.3 is 5.97 Å². The van der Waals surface area contributed by atoms with Gasteiger partial charge in [0.2, 0.25) is 0 Å². The maximum Gasteiger partial charge on any atom is 0.330 e. The lowest BCUT2D eigenvalue weighted by molar-refractivity contribution is -0.143. The summed E-state index contributed by atoms with van der Waals surface area (Å²) >= 11 is 1.25. The Hall–Kier alpha value is -1.60. The van der Waals surface area contributed by atoms with E-state index in [-0.39, 0.29) is 0 Å². The maximum absolute atomic E-state index is 11.9. The van der Waals surface area contributed by atoms with Gasteiger partial charge in [-0.1, -0.05) is 0 Å². The Morgan fingerprint density at radius 2 is 2.17 bits per heavy atom. The second-order valence-electron chi connectivity index (χ2n) is 3.49. The molecule has 7 heteroatoms. The van der Waals surface area contributed by atoms with E-state index >= 15 is 0 Å². The quantitative estimate of drug-likeness (QED) is 0.755. The molecular weight excluding hydrogens is 258 g/mol. The Labute approximate surface area is 109 Å². The van der Waals surface area contributed by atoms with Gasteiger partial charge in [0.1, 0.15) is 10.6 Å². The predicted octanol–water partition coefficient (Wildman–Crippen LogP) is 0.329. The van der Waals surface area contributed by atoms with Crippen molar-refractivity contribution in [2.45, 2.75) is 13.0 Å². The fraction of sp³-hybridized carbons (Fsp3) is 0.455. The first-order chi connectivity index (χ1) is 8.53. The van der Waals surface area contributed by atoms with Crippen LogP contribution in [0.25, 0.3) is 0 Å². The van der Waals surface area contributed by atoms with E-state index in [4.69, 9.17) is 9.84 Å². The third kappa shape index (κ3) is 3.21. The second-order valence-corrected chi connectivity index (χ2v) is 4.74. The van der Waals surface area contributed by atoms with E-state index in [1.54, 1.807) is 6.07 Å². The van der Waals surface area contributed by atoms with Crippen LogP contribution in [0, 0.1) is 6.92 Å². The third-order valence-electron chi connectivity index (χ3n) is 2.22. The highest BCUT2D eigenvalue weighted by Gasteiger charge is 2.24. The van der Waals surface area contributed by atoms with Gasteiger partial charge in [-0.15, -0.1) is 11.3 Å². The lowest BCUT2D eigenvalue weighted by atomic mass is 10.3. The summed E-state index contributed by atoms with van der Waals surface area (Å²) in [6, 6.07) is 0.653. The van der Waals surface area contributed by atoms with Gasteiger partial charge in [0, 0.05) is 4.88 Å². The maximum atomic E-state index is 11.9. The normalized spacial score (nSPS) is 11.8. The first-order valence-corrected chi connectivity index (χ1v) is 5.99. The minimum atomic E-state index is -1.07. The average molecular weight is 273 g/mol. The Morgan fingerprint density at radius 3 is 2.67 bits per heavy atom. The van der Waals surface area contributed by atoms with E-state index in [0.29, 0.717) is 10.6 Å². The summed E-state index contributed by atoms with van der Waals surface area (Å²) in [6.07, 6.45) is 0. The SMILES string of the molecule is COC(=O)[C@H](CO)NC(=O)c1sc(C)cc1OC. The number of methoxy groups -OCH3 is 2. The van der Waals surface area contributed by atoms with E-state index in [2.05, 4.69) is 10.1 Å². The van der Waals surface area contributed by atoms with Crippen LogP contribution in [0.5, 0.6) is 5.75 Å². The zero-order valence-corrected chi connectivity index (χ0v) is 11.2. The van der Waals surface area contributed by atoms with E-state index in [9.17, 15) is 9.59 Å². The van der Waals surface area contributed by atoms with Gasteiger partial charge in [-0.3, -0.25) is 4.79 Å². The zero-order chi connectivity index (χ0) is 13.7. The van der Waals surface area contributed by atoms with Gasteiger partial charge in [-0.2, -0.15) is 0 Å². The van der Waals surface area contributed by atoms with Crippen LogP contribution in [0.1, 0.15) is 14.5 Å². The van der Waals surface area contributed by atoms with E-state index < -0.39 is 24.5 Å². The number of nitrogens with one attached hydrogen (secondary N) is 1. The summed E-state index contributed by atoms with van der Waals surface area (Å²) in [5, 5.41) is 11.4. The summed E-state index contributed by atoms with van der Waals surface area (Å²) in [4.78, 5) is 24.4. The van der Waals surface area contributed by atoms with Crippen molar-refractivity contribution in [1.29, 1.82) is 0 Å². The molecule has 0 unspecified atom stereocenters. The van der Waals surface area contributed by atoms with Crippen LogP contribution >= 0.6 is 11.3 Å². The number of amides is 1. The van der Waals surface area contributed by atoms with Crippen LogP contribution in [0.15, 0.2) is 6.07 Å². The number of esters is 1. The number of hydrogen-bond donors (Lipinski definition) is 2. The molecule has 1 amide bonds. The topological polar surface area (TPSA) is 84.9 Å². The van der Waals surface area contributed by atoms with E-state index in [1.807, 2.05) is 6.92 Å². The van der Waals surface area contributed by atoms with Crippen molar-refractivity contribution in [3.05, 3.63) is 15.8 Å². The molecule has 0 saturated heterocycles. The highest BCUT2D eigenvalue weighted by atomic mass is 32.1. The number of rotatable bonds is 5. The van der Waals surface area contributed by atoms with Gasteiger partial charge in [0.05, 0.1) is 20.8 Å². The molecule has 1 aromatic heterocycles. The van der Waals surface area contributed by atoms with Crippen molar-refractivity contribution >= 4 is 23.2 Å². The Balaban J connectivity index is 2.83. The van der Waals surface area contributed by atoms with Crippen molar-refractivity contribution in [1.82, 2.24) is 5.32 Å². The predicted molar refractivity (Wildman–Crippen MR) is 66.0 cm³/mol. The summed E-state index contributed by atoms with van der Waals surface area (Å²) in [7, 11) is 2.65. The molecule has 0 fully saturated rings. The zero-order valence-electron chi connectivity index (χ0n) is 10.4. The van der Waals surface area contributed by atoms with Crippen LogP contribution in [-0.4, -0.2) is 43.9 Å². The highest BCUT2D eigenvalue weighted by molar-refractivity contribution is 7.14. The van der Waals surface area contributed by atoms with Crippen molar-refractivity contribution in [2.24, 2.45) is 0 Å².